The van der Waals surface area contributed by atoms with Crippen molar-refractivity contribution in [2.45, 2.75) is 25.1 Å². The van der Waals surface area contributed by atoms with Crippen LogP contribution in [0.3, 0.4) is 0 Å². The highest BCUT2D eigenvalue weighted by Crippen LogP contribution is 2.22. The van der Waals surface area contributed by atoms with E-state index in [4.69, 9.17) is 0 Å². The summed E-state index contributed by atoms with van der Waals surface area (Å²) >= 11 is 0. The smallest absolute Gasteiger partial charge is 0.223 e. The largest absolute Gasteiger partial charge is 0.352 e. The molecule has 1 aliphatic heterocycles. The van der Waals surface area contributed by atoms with Crippen LogP contribution < -0.4 is 5.32 Å². The van der Waals surface area contributed by atoms with E-state index in [1.165, 1.54) is 28.6 Å². The number of carbonyl (C=O) groups excluding carboxylic acids is 1. The number of halogens is 1. The maximum Gasteiger partial charge on any atom is 0.223 e. The van der Waals surface area contributed by atoms with Gasteiger partial charge < -0.3 is 5.32 Å². The molecule has 5 nitrogen and oxygen atoms in total. The van der Waals surface area contributed by atoms with Crippen molar-refractivity contribution in [3.8, 4) is 0 Å². The van der Waals surface area contributed by atoms with Crippen LogP contribution in [0.25, 0.3) is 10.8 Å². The maximum atomic E-state index is 13.0. The van der Waals surface area contributed by atoms with Gasteiger partial charge in [-0.1, -0.05) is 48.5 Å². The lowest BCUT2D eigenvalue weighted by Gasteiger charge is -2.30. The van der Waals surface area contributed by atoms with Gasteiger partial charge in [0, 0.05) is 25.6 Å². The normalized spacial score (nSPS) is 15.8. The van der Waals surface area contributed by atoms with Crippen molar-refractivity contribution < 1.29 is 17.6 Å². The van der Waals surface area contributed by atoms with Gasteiger partial charge in [-0.05, 0) is 52.9 Å². The molecule has 0 saturated carbocycles. The van der Waals surface area contributed by atoms with Gasteiger partial charge in [0.15, 0.2) is 0 Å². The van der Waals surface area contributed by atoms with E-state index in [1.807, 2.05) is 30.3 Å². The molecule has 0 atom stereocenters. The van der Waals surface area contributed by atoms with Crippen molar-refractivity contribution in [2.75, 3.05) is 13.1 Å². The van der Waals surface area contributed by atoms with Crippen LogP contribution in [-0.2, 0) is 27.1 Å². The highest BCUT2D eigenvalue weighted by Gasteiger charge is 2.31. The minimum absolute atomic E-state index is 0.0382. The van der Waals surface area contributed by atoms with Gasteiger partial charge >= 0.3 is 0 Å². The SMILES string of the molecule is O=C(NCc1ccc2ccccc2c1)C1CCN(S(=O)(=O)Cc2ccc(F)cc2)CC1. The zero-order chi connectivity index (χ0) is 21.8. The summed E-state index contributed by atoms with van der Waals surface area (Å²) in [4.78, 5) is 12.6. The molecule has 0 aliphatic carbocycles. The second-order valence-corrected chi connectivity index (χ2v) is 9.92. The Morgan fingerprint density at radius 3 is 2.29 bits per heavy atom. The molecule has 0 spiro atoms. The summed E-state index contributed by atoms with van der Waals surface area (Å²) in [5.41, 5.74) is 1.59. The Hall–Kier alpha value is -2.77. The Bertz CT molecular complexity index is 1170. The Morgan fingerprint density at radius 1 is 0.935 bits per heavy atom. The maximum absolute atomic E-state index is 13.0. The molecule has 1 aliphatic rings. The quantitative estimate of drug-likeness (QED) is 0.633. The number of fused-ring (bicyclic) bond motifs is 1. The van der Waals surface area contributed by atoms with Gasteiger partial charge in [0.1, 0.15) is 5.82 Å². The molecule has 0 unspecified atom stereocenters. The van der Waals surface area contributed by atoms with Crippen LogP contribution in [0.5, 0.6) is 0 Å². The first kappa shape index (κ1) is 21.5. The fraction of sp³-hybridized carbons (Fsp3) is 0.292. The lowest BCUT2D eigenvalue weighted by atomic mass is 9.97. The van der Waals surface area contributed by atoms with Crippen molar-refractivity contribution in [2.24, 2.45) is 5.92 Å². The number of benzene rings is 3. The first-order valence-corrected chi connectivity index (χ1v) is 12.0. The van der Waals surface area contributed by atoms with Crippen LogP contribution in [0.2, 0.25) is 0 Å². The van der Waals surface area contributed by atoms with Crippen LogP contribution >= 0.6 is 0 Å². The van der Waals surface area contributed by atoms with Crippen LogP contribution in [0.15, 0.2) is 66.7 Å². The minimum atomic E-state index is -3.50. The van der Waals surface area contributed by atoms with Crippen molar-refractivity contribution in [3.05, 3.63) is 83.7 Å². The monoisotopic (exact) mass is 440 g/mol. The van der Waals surface area contributed by atoms with Crippen molar-refractivity contribution in [1.29, 1.82) is 0 Å². The molecule has 1 heterocycles. The van der Waals surface area contributed by atoms with Gasteiger partial charge in [-0.15, -0.1) is 0 Å². The molecule has 1 fully saturated rings. The van der Waals surface area contributed by atoms with Gasteiger partial charge in [0.2, 0.25) is 15.9 Å². The molecule has 0 aromatic heterocycles. The number of sulfonamides is 1. The van der Waals surface area contributed by atoms with Crippen molar-refractivity contribution >= 4 is 26.7 Å². The van der Waals surface area contributed by atoms with Gasteiger partial charge in [-0.3, -0.25) is 4.79 Å². The Balaban J connectivity index is 1.29. The lowest BCUT2D eigenvalue weighted by Crippen LogP contribution is -2.43. The van der Waals surface area contributed by atoms with E-state index >= 15 is 0 Å². The summed E-state index contributed by atoms with van der Waals surface area (Å²) in [6, 6.07) is 19.7. The molecule has 31 heavy (non-hydrogen) atoms. The predicted octanol–water partition coefficient (Wildman–Crippen LogP) is 3.84. The Morgan fingerprint density at radius 2 is 1.58 bits per heavy atom. The van der Waals surface area contributed by atoms with Gasteiger partial charge in [0.05, 0.1) is 5.75 Å². The van der Waals surface area contributed by atoms with Crippen LogP contribution in [0.4, 0.5) is 4.39 Å². The lowest BCUT2D eigenvalue weighted by molar-refractivity contribution is -0.126. The zero-order valence-electron chi connectivity index (χ0n) is 17.1. The number of rotatable bonds is 6. The third kappa shape index (κ3) is 5.29. The average Bonchev–Trinajstić information content (AvgIpc) is 2.79. The van der Waals surface area contributed by atoms with E-state index in [2.05, 4.69) is 17.4 Å². The zero-order valence-corrected chi connectivity index (χ0v) is 17.9. The first-order valence-electron chi connectivity index (χ1n) is 10.4. The second-order valence-electron chi connectivity index (χ2n) is 7.96. The summed E-state index contributed by atoms with van der Waals surface area (Å²) < 4.78 is 39.8. The van der Waals surface area contributed by atoms with Gasteiger partial charge in [-0.2, -0.15) is 0 Å². The number of hydrogen-bond acceptors (Lipinski definition) is 3. The molecule has 162 valence electrons. The molecule has 1 amide bonds. The fourth-order valence-electron chi connectivity index (χ4n) is 3.96. The van der Waals surface area contributed by atoms with Crippen LogP contribution in [-0.4, -0.2) is 31.7 Å². The number of carbonyl (C=O) groups is 1. The third-order valence-corrected chi connectivity index (χ3v) is 7.61. The molecule has 0 radical (unpaired) electrons. The van der Waals surface area contributed by atoms with Gasteiger partial charge in [0.25, 0.3) is 0 Å². The number of hydrogen-bond donors (Lipinski definition) is 1. The Kier molecular flexibility index (Phi) is 6.34. The third-order valence-electron chi connectivity index (χ3n) is 5.76. The van der Waals surface area contributed by atoms with Crippen LogP contribution in [0.1, 0.15) is 24.0 Å². The molecule has 1 N–H and O–H groups in total. The van der Waals surface area contributed by atoms with E-state index in [9.17, 15) is 17.6 Å². The van der Waals surface area contributed by atoms with E-state index in [-0.39, 0.29) is 17.6 Å². The number of nitrogens with one attached hydrogen (secondary N) is 1. The second kappa shape index (κ2) is 9.16. The summed E-state index contributed by atoms with van der Waals surface area (Å²) in [6.07, 6.45) is 0.985. The molecule has 0 bridgehead atoms. The Labute approximate surface area is 181 Å². The van der Waals surface area contributed by atoms with E-state index in [0.717, 1.165) is 16.3 Å². The van der Waals surface area contributed by atoms with E-state index < -0.39 is 15.8 Å². The fourth-order valence-corrected chi connectivity index (χ4v) is 5.52. The van der Waals surface area contributed by atoms with Crippen LogP contribution in [0, 0.1) is 11.7 Å². The topological polar surface area (TPSA) is 66.5 Å². The summed E-state index contributed by atoms with van der Waals surface area (Å²) in [5, 5.41) is 5.28. The van der Waals surface area contributed by atoms with Crippen molar-refractivity contribution in [1.82, 2.24) is 9.62 Å². The molecule has 3 aromatic rings. The number of piperidine rings is 1. The molecule has 3 aromatic carbocycles. The predicted molar refractivity (Wildman–Crippen MR) is 119 cm³/mol. The standard InChI is InChI=1S/C24H25FN2O3S/c25-23-9-6-18(7-10-23)17-31(29,30)27-13-11-21(12-14-27)24(28)26-16-19-5-8-20-3-1-2-4-22(20)15-19/h1-10,15,21H,11-14,16-17H2,(H,26,28). The van der Waals surface area contributed by atoms with Crippen molar-refractivity contribution in [3.63, 3.8) is 0 Å². The van der Waals surface area contributed by atoms with E-state index in [0.29, 0.717) is 38.0 Å². The average molecular weight is 441 g/mol. The summed E-state index contributed by atoms with van der Waals surface area (Å²) in [7, 11) is -3.50. The summed E-state index contributed by atoms with van der Waals surface area (Å²) in [6.45, 7) is 1.09. The van der Waals surface area contributed by atoms with E-state index in [1.54, 1.807) is 0 Å². The highest BCUT2D eigenvalue weighted by atomic mass is 32.2. The molecular weight excluding hydrogens is 415 g/mol. The molecular formula is C24H25FN2O3S. The summed E-state index contributed by atoms with van der Waals surface area (Å²) in [5.74, 6) is -0.787. The number of amides is 1. The first-order chi connectivity index (χ1) is 14.9. The highest BCUT2D eigenvalue weighted by molar-refractivity contribution is 7.88. The number of nitrogens with zero attached hydrogens (tertiary/aromatic N) is 1. The van der Waals surface area contributed by atoms with Gasteiger partial charge in [-0.25, -0.2) is 17.1 Å². The molecule has 1 saturated heterocycles. The minimum Gasteiger partial charge on any atom is -0.352 e. The molecule has 7 heteroatoms. The molecule has 4 rings (SSSR count).